The second-order valence-electron chi connectivity index (χ2n) is 6.88. The third-order valence-electron chi connectivity index (χ3n) is 4.10. The molecular formula is C16H19FN2O3. The van der Waals surface area contributed by atoms with E-state index in [2.05, 4.69) is 5.32 Å². The van der Waals surface area contributed by atoms with Crippen molar-refractivity contribution >= 4 is 17.7 Å². The van der Waals surface area contributed by atoms with Gasteiger partial charge < -0.3 is 15.0 Å². The van der Waals surface area contributed by atoms with E-state index >= 15 is 0 Å². The highest BCUT2D eigenvalue weighted by Crippen LogP contribution is 2.44. The van der Waals surface area contributed by atoms with E-state index in [0.29, 0.717) is 24.2 Å². The van der Waals surface area contributed by atoms with Crippen molar-refractivity contribution in [2.75, 3.05) is 18.4 Å². The van der Waals surface area contributed by atoms with Gasteiger partial charge in [-0.3, -0.25) is 4.79 Å². The van der Waals surface area contributed by atoms with Crippen LogP contribution in [0.2, 0.25) is 0 Å². The van der Waals surface area contributed by atoms with Crippen LogP contribution in [0, 0.1) is 5.82 Å². The summed E-state index contributed by atoms with van der Waals surface area (Å²) in [5.74, 6) is -0.565. The molecule has 118 valence electrons. The molecule has 1 atom stereocenters. The summed E-state index contributed by atoms with van der Waals surface area (Å²) in [5.41, 5.74) is -0.204. The lowest BCUT2D eigenvalue weighted by Gasteiger charge is -2.26. The summed E-state index contributed by atoms with van der Waals surface area (Å²) < 4.78 is 18.9. The molecule has 1 unspecified atom stereocenters. The van der Waals surface area contributed by atoms with E-state index in [1.165, 1.54) is 17.0 Å². The number of halogens is 1. The minimum Gasteiger partial charge on any atom is -0.444 e. The summed E-state index contributed by atoms with van der Waals surface area (Å²) in [6, 6.07) is 4.26. The SMILES string of the molecule is CC(C)(C)OC(=O)N1CCC2(C1)C(=O)Nc1ccc(F)cc12. The smallest absolute Gasteiger partial charge is 0.410 e. The van der Waals surface area contributed by atoms with Crippen LogP contribution in [0.3, 0.4) is 0 Å². The number of carbonyl (C=O) groups is 2. The summed E-state index contributed by atoms with van der Waals surface area (Å²) in [7, 11) is 0. The van der Waals surface area contributed by atoms with Crippen LogP contribution >= 0.6 is 0 Å². The fraction of sp³-hybridized carbons (Fsp3) is 0.500. The maximum Gasteiger partial charge on any atom is 0.410 e. The Morgan fingerprint density at radius 1 is 1.41 bits per heavy atom. The lowest BCUT2D eigenvalue weighted by Crippen LogP contribution is -2.41. The van der Waals surface area contributed by atoms with E-state index in [1.807, 2.05) is 0 Å². The zero-order valence-corrected chi connectivity index (χ0v) is 12.9. The zero-order chi connectivity index (χ0) is 16.1. The average molecular weight is 306 g/mol. The van der Waals surface area contributed by atoms with Crippen molar-refractivity contribution < 1.29 is 18.7 Å². The fourth-order valence-electron chi connectivity index (χ4n) is 3.08. The first-order chi connectivity index (χ1) is 10.2. The number of rotatable bonds is 0. The molecule has 1 aromatic carbocycles. The van der Waals surface area contributed by atoms with E-state index in [4.69, 9.17) is 4.74 Å². The average Bonchev–Trinajstić information content (AvgIpc) is 2.94. The van der Waals surface area contributed by atoms with E-state index in [-0.39, 0.29) is 18.3 Å². The molecule has 1 N–H and O–H groups in total. The number of likely N-dealkylation sites (tertiary alicyclic amines) is 1. The standard InChI is InChI=1S/C16H19FN2O3/c1-15(2,3)22-14(21)19-7-6-16(9-19)11-8-10(17)4-5-12(11)18-13(16)20/h4-5,8H,6-7,9H2,1-3H3,(H,18,20). The van der Waals surface area contributed by atoms with Gasteiger partial charge in [0.2, 0.25) is 5.91 Å². The summed E-state index contributed by atoms with van der Waals surface area (Å²) in [4.78, 5) is 26.1. The molecule has 0 aliphatic carbocycles. The summed E-state index contributed by atoms with van der Waals surface area (Å²) in [6.07, 6.45) is 0.0242. The Balaban J connectivity index is 1.87. The summed E-state index contributed by atoms with van der Waals surface area (Å²) in [6.45, 7) is 6.01. The predicted molar refractivity (Wildman–Crippen MR) is 79.1 cm³/mol. The minimum atomic E-state index is -0.867. The topological polar surface area (TPSA) is 58.6 Å². The van der Waals surface area contributed by atoms with Crippen LogP contribution in [-0.4, -0.2) is 35.6 Å². The van der Waals surface area contributed by atoms with Crippen molar-refractivity contribution in [1.29, 1.82) is 0 Å². The van der Waals surface area contributed by atoms with Crippen LogP contribution in [0.15, 0.2) is 18.2 Å². The van der Waals surface area contributed by atoms with Gasteiger partial charge in [0.05, 0.1) is 5.41 Å². The van der Waals surface area contributed by atoms with Crippen LogP contribution in [0.1, 0.15) is 32.8 Å². The van der Waals surface area contributed by atoms with Crippen molar-refractivity contribution in [3.8, 4) is 0 Å². The predicted octanol–water partition coefficient (Wildman–Crippen LogP) is 2.66. The molecule has 2 heterocycles. The van der Waals surface area contributed by atoms with Gasteiger partial charge in [0.25, 0.3) is 0 Å². The number of anilines is 1. The number of hydrogen-bond donors (Lipinski definition) is 1. The lowest BCUT2D eigenvalue weighted by atomic mass is 9.81. The number of nitrogens with zero attached hydrogens (tertiary/aromatic N) is 1. The Morgan fingerprint density at radius 3 is 2.82 bits per heavy atom. The number of amides is 2. The fourth-order valence-corrected chi connectivity index (χ4v) is 3.08. The van der Waals surface area contributed by atoms with Crippen molar-refractivity contribution in [1.82, 2.24) is 4.90 Å². The Labute approximate surface area is 128 Å². The third-order valence-corrected chi connectivity index (χ3v) is 4.10. The van der Waals surface area contributed by atoms with Crippen LogP contribution in [0.5, 0.6) is 0 Å². The molecule has 3 rings (SSSR count). The van der Waals surface area contributed by atoms with Crippen LogP contribution < -0.4 is 5.32 Å². The Kier molecular flexibility index (Phi) is 3.16. The normalized spacial score (nSPS) is 23.6. The number of carbonyl (C=O) groups excluding carboxylic acids is 2. The molecule has 5 nitrogen and oxygen atoms in total. The van der Waals surface area contributed by atoms with Gasteiger partial charge in [-0.15, -0.1) is 0 Å². The molecule has 0 bridgehead atoms. The van der Waals surface area contributed by atoms with Gasteiger partial charge in [-0.25, -0.2) is 9.18 Å². The van der Waals surface area contributed by atoms with E-state index in [1.54, 1.807) is 26.8 Å². The molecule has 22 heavy (non-hydrogen) atoms. The number of benzene rings is 1. The Morgan fingerprint density at radius 2 is 2.14 bits per heavy atom. The van der Waals surface area contributed by atoms with Crippen molar-refractivity contribution in [3.63, 3.8) is 0 Å². The quantitative estimate of drug-likeness (QED) is 0.801. The minimum absolute atomic E-state index is 0.181. The number of fused-ring (bicyclic) bond motifs is 2. The summed E-state index contributed by atoms with van der Waals surface area (Å²) >= 11 is 0. The van der Waals surface area contributed by atoms with Crippen LogP contribution in [0.25, 0.3) is 0 Å². The molecule has 2 aliphatic rings. The van der Waals surface area contributed by atoms with Crippen LogP contribution in [0.4, 0.5) is 14.9 Å². The first-order valence-electron chi connectivity index (χ1n) is 7.31. The Hall–Kier alpha value is -2.11. The molecule has 1 spiro atoms. The monoisotopic (exact) mass is 306 g/mol. The lowest BCUT2D eigenvalue weighted by molar-refractivity contribution is -0.120. The van der Waals surface area contributed by atoms with Gasteiger partial charge in [0.1, 0.15) is 11.4 Å². The van der Waals surface area contributed by atoms with Gasteiger partial charge in [0.15, 0.2) is 0 Å². The maximum atomic E-state index is 13.6. The van der Waals surface area contributed by atoms with E-state index in [0.717, 1.165) is 0 Å². The zero-order valence-electron chi connectivity index (χ0n) is 12.9. The van der Waals surface area contributed by atoms with Gasteiger partial charge in [-0.05, 0) is 51.0 Å². The van der Waals surface area contributed by atoms with Gasteiger partial charge in [-0.1, -0.05) is 0 Å². The molecule has 1 saturated heterocycles. The molecule has 0 saturated carbocycles. The third kappa shape index (κ3) is 2.32. The number of hydrogen-bond acceptors (Lipinski definition) is 3. The highest BCUT2D eigenvalue weighted by Gasteiger charge is 2.52. The molecule has 6 heteroatoms. The van der Waals surface area contributed by atoms with Crippen molar-refractivity contribution in [2.45, 2.75) is 38.2 Å². The van der Waals surface area contributed by atoms with Gasteiger partial charge >= 0.3 is 6.09 Å². The highest BCUT2D eigenvalue weighted by atomic mass is 19.1. The molecule has 2 aliphatic heterocycles. The molecular weight excluding hydrogens is 287 g/mol. The maximum absolute atomic E-state index is 13.6. The van der Waals surface area contributed by atoms with Crippen LogP contribution in [-0.2, 0) is 14.9 Å². The van der Waals surface area contributed by atoms with Gasteiger partial charge in [-0.2, -0.15) is 0 Å². The van der Waals surface area contributed by atoms with E-state index in [9.17, 15) is 14.0 Å². The first kappa shape index (κ1) is 14.8. The first-order valence-corrected chi connectivity index (χ1v) is 7.31. The molecule has 0 aromatic heterocycles. The number of ether oxygens (including phenoxy) is 1. The number of nitrogens with one attached hydrogen (secondary N) is 1. The molecule has 0 radical (unpaired) electrons. The largest absolute Gasteiger partial charge is 0.444 e. The van der Waals surface area contributed by atoms with Crippen molar-refractivity contribution in [3.05, 3.63) is 29.6 Å². The second-order valence-corrected chi connectivity index (χ2v) is 6.88. The van der Waals surface area contributed by atoms with Crippen molar-refractivity contribution in [2.24, 2.45) is 0 Å². The molecule has 1 fully saturated rings. The molecule has 1 aromatic rings. The molecule has 2 amide bonds. The van der Waals surface area contributed by atoms with Gasteiger partial charge in [0, 0.05) is 18.8 Å². The Bertz CT molecular complexity index is 653. The highest BCUT2D eigenvalue weighted by molar-refractivity contribution is 6.07. The van der Waals surface area contributed by atoms with E-state index < -0.39 is 17.1 Å². The summed E-state index contributed by atoms with van der Waals surface area (Å²) in [5, 5.41) is 2.78. The second kappa shape index (κ2) is 4.69.